The van der Waals surface area contributed by atoms with E-state index in [1.807, 2.05) is 34.6 Å². The van der Waals surface area contributed by atoms with Crippen LogP contribution in [0.1, 0.15) is 115 Å². The third kappa shape index (κ3) is 11.6. The summed E-state index contributed by atoms with van der Waals surface area (Å²) >= 11 is 0. The van der Waals surface area contributed by atoms with Gasteiger partial charge in [-0.2, -0.15) is 0 Å². The highest BCUT2D eigenvalue weighted by Gasteiger charge is 2.57. The molecule has 3 aliphatic heterocycles. The molecule has 0 aromatic rings. The standard InChI is InChI=1S/C41H78N2O12/c1-13-17-42-23-41(49)29(8)54-30(19-39(41,10)50-12)21-51-34-26(5)36(52-22-32-31(44)16-15-25(4)53-32)38(9,47)18-24(3)20-43-28(7)35(45)40(11,48)33(14-2)55-37(46)27(34)6/h24-36,42-45,47-49H,13-23H2,1-12H3/t24-,25-,26+,27-,28-,29+,30-,31-,32+,33-,34+,35-,36-,38-,39-,40-,41+/m1/s1. The second-order valence-electron chi connectivity index (χ2n) is 17.8. The zero-order chi connectivity index (χ0) is 41.5. The summed E-state index contributed by atoms with van der Waals surface area (Å²) < 4.78 is 37.8. The van der Waals surface area contributed by atoms with Crippen LogP contribution in [0.15, 0.2) is 0 Å². The number of nitrogens with one attached hydrogen (secondary N) is 2. The maximum absolute atomic E-state index is 14.2. The summed E-state index contributed by atoms with van der Waals surface area (Å²) in [7, 11) is 1.58. The molecular weight excluding hydrogens is 712 g/mol. The van der Waals surface area contributed by atoms with Crippen molar-refractivity contribution in [1.29, 1.82) is 0 Å². The van der Waals surface area contributed by atoms with E-state index >= 15 is 0 Å². The van der Waals surface area contributed by atoms with E-state index in [0.29, 0.717) is 19.4 Å². The number of aliphatic hydroxyl groups excluding tert-OH is 2. The minimum atomic E-state index is -1.78. The Morgan fingerprint density at radius 1 is 0.927 bits per heavy atom. The molecule has 3 fully saturated rings. The molecule has 3 heterocycles. The summed E-state index contributed by atoms with van der Waals surface area (Å²) in [4.78, 5) is 14.2. The summed E-state index contributed by atoms with van der Waals surface area (Å²) in [5.41, 5.74) is -5.56. The fourth-order valence-corrected chi connectivity index (χ4v) is 9.16. The number of aliphatic hydroxyl groups is 5. The number of carbonyl (C=O) groups excluding carboxylic acids is 1. The zero-order valence-corrected chi connectivity index (χ0v) is 35.9. The normalized spacial score (nSPS) is 47.1. The van der Waals surface area contributed by atoms with Gasteiger partial charge in [0.05, 0.1) is 67.0 Å². The lowest BCUT2D eigenvalue weighted by Crippen LogP contribution is -2.70. The van der Waals surface area contributed by atoms with Gasteiger partial charge in [-0.3, -0.25) is 4.79 Å². The predicted octanol–water partition coefficient (Wildman–Crippen LogP) is 2.47. The molecule has 0 saturated carbocycles. The predicted molar refractivity (Wildman–Crippen MR) is 209 cm³/mol. The maximum Gasteiger partial charge on any atom is 0.311 e. The van der Waals surface area contributed by atoms with Gasteiger partial charge in [-0.15, -0.1) is 0 Å². The molecule has 0 unspecified atom stereocenters. The number of methoxy groups -OCH3 is 1. The largest absolute Gasteiger partial charge is 0.459 e. The van der Waals surface area contributed by atoms with Crippen LogP contribution in [0.25, 0.3) is 0 Å². The van der Waals surface area contributed by atoms with Crippen molar-refractivity contribution in [3.05, 3.63) is 0 Å². The van der Waals surface area contributed by atoms with Crippen LogP contribution in [-0.4, -0.2) is 155 Å². The van der Waals surface area contributed by atoms with Gasteiger partial charge in [-0.1, -0.05) is 27.7 Å². The number of carbonyl (C=O) groups is 1. The molecule has 0 radical (unpaired) electrons. The molecule has 3 rings (SSSR count). The molecule has 14 heteroatoms. The second kappa shape index (κ2) is 20.3. The Morgan fingerprint density at radius 2 is 1.60 bits per heavy atom. The van der Waals surface area contributed by atoms with Crippen molar-refractivity contribution in [2.24, 2.45) is 17.8 Å². The third-order valence-corrected chi connectivity index (χ3v) is 12.9. The van der Waals surface area contributed by atoms with Crippen LogP contribution in [-0.2, 0) is 33.2 Å². The summed E-state index contributed by atoms with van der Waals surface area (Å²) in [5, 5.41) is 64.6. The van der Waals surface area contributed by atoms with Crippen LogP contribution < -0.4 is 10.6 Å². The summed E-state index contributed by atoms with van der Waals surface area (Å²) in [6.07, 6.45) is -3.64. The smallest absolute Gasteiger partial charge is 0.311 e. The Labute approximate surface area is 330 Å². The second-order valence-corrected chi connectivity index (χ2v) is 17.8. The van der Waals surface area contributed by atoms with Crippen molar-refractivity contribution in [3.63, 3.8) is 0 Å². The van der Waals surface area contributed by atoms with Crippen molar-refractivity contribution in [2.75, 3.05) is 40.0 Å². The summed E-state index contributed by atoms with van der Waals surface area (Å²) in [5.74, 6) is -2.32. The minimum Gasteiger partial charge on any atom is -0.459 e. The topological polar surface area (TPSA) is 198 Å². The highest BCUT2D eigenvalue weighted by Crippen LogP contribution is 2.41. The van der Waals surface area contributed by atoms with E-state index < -0.39 is 95.1 Å². The number of ether oxygens (including phenoxy) is 6. The Kier molecular flexibility index (Phi) is 17.9. The van der Waals surface area contributed by atoms with Gasteiger partial charge in [0.15, 0.2) is 0 Å². The number of rotatable bonds is 12. The summed E-state index contributed by atoms with van der Waals surface area (Å²) in [6, 6.07) is -0.567. The van der Waals surface area contributed by atoms with Gasteiger partial charge < -0.3 is 64.6 Å². The molecule has 55 heavy (non-hydrogen) atoms. The van der Waals surface area contributed by atoms with Gasteiger partial charge in [-0.05, 0) is 99.6 Å². The van der Waals surface area contributed by atoms with Gasteiger partial charge in [-0.25, -0.2) is 0 Å². The van der Waals surface area contributed by atoms with E-state index in [9.17, 15) is 30.3 Å². The molecular formula is C41H78N2O12. The molecule has 0 bridgehead atoms. The SMILES string of the molecule is CCCNC[C@]1(O)[C@H](C)O[C@@H](CO[C@H]2[C@H](C)[C@@H](OC[C@@H]3O[C@H](C)CC[C@H]3O)[C@](C)(O)C[C@@H](C)CN[C@H](C)[C@@H](O)[C@](C)(O)[C@@H](CC)OC(=O)[C@@H]2C)C[C@@]1(C)OC. The van der Waals surface area contributed by atoms with Gasteiger partial charge in [0.2, 0.25) is 0 Å². The first-order valence-corrected chi connectivity index (χ1v) is 20.8. The highest BCUT2D eigenvalue weighted by atomic mass is 16.6. The van der Waals surface area contributed by atoms with Crippen LogP contribution in [0.4, 0.5) is 0 Å². The van der Waals surface area contributed by atoms with E-state index in [1.54, 1.807) is 34.8 Å². The molecule has 0 amide bonds. The Hall–Kier alpha value is -1.01. The van der Waals surface area contributed by atoms with Gasteiger partial charge in [0, 0.05) is 32.0 Å². The first-order valence-electron chi connectivity index (χ1n) is 20.8. The highest BCUT2D eigenvalue weighted by molar-refractivity contribution is 5.73. The first-order chi connectivity index (χ1) is 25.6. The zero-order valence-electron chi connectivity index (χ0n) is 35.9. The summed E-state index contributed by atoms with van der Waals surface area (Å²) in [6.45, 7) is 21.4. The van der Waals surface area contributed by atoms with E-state index in [1.165, 1.54) is 6.92 Å². The Balaban J connectivity index is 2.03. The lowest BCUT2D eigenvalue weighted by Gasteiger charge is -2.53. The van der Waals surface area contributed by atoms with Crippen molar-refractivity contribution in [3.8, 4) is 0 Å². The van der Waals surface area contributed by atoms with Crippen LogP contribution in [0, 0.1) is 17.8 Å². The molecule has 3 aliphatic rings. The number of cyclic esters (lactones) is 1. The van der Waals surface area contributed by atoms with E-state index in [0.717, 1.165) is 19.4 Å². The molecule has 324 valence electrons. The van der Waals surface area contributed by atoms with E-state index in [-0.39, 0.29) is 44.6 Å². The van der Waals surface area contributed by atoms with E-state index in [2.05, 4.69) is 17.6 Å². The molecule has 17 atom stereocenters. The van der Waals surface area contributed by atoms with Crippen LogP contribution in [0.3, 0.4) is 0 Å². The van der Waals surface area contributed by atoms with Crippen molar-refractivity contribution >= 4 is 5.97 Å². The molecule has 7 N–H and O–H groups in total. The molecule has 3 saturated heterocycles. The average molecular weight is 791 g/mol. The van der Waals surface area contributed by atoms with Gasteiger partial charge in [0.25, 0.3) is 0 Å². The average Bonchev–Trinajstić information content (AvgIpc) is 3.12. The minimum absolute atomic E-state index is 0.0128. The lowest BCUT2D eigenvalue weighted by atomic mass is 9.74. The van der Waals surface area contributed by atoms with Crippen molar-refractivity contribution in [1.82, 2.24) is 10.6 Å². The molecule has 0 aliphatic carbocycles. The fourth-order valence-electron chi connectivity index (χ4n) is 9.16. The molecule has 0 aromatic heterocycles. The third-order valence-electron chi connectivity index (χ3n) is 12.9. The molecule has 14 nitrogen and oxygen atoms in total. The monoisotopic (exact) mass is 791 g/mol. The van der Waals surface area contributed by atoms with Crippen LogP contribution >= 0.6 is 0 Å². The van der Waals surface area contributed by atoms with Gasteiger partial charge >= 0.3 is 5.97 Å². The Bertz CT molecular complexity index is 1180. The number of hydrogen-bond donors (Lipinski definition) is 7. The number of esters is 1. The van der Waals surface area contributed by atoms with Crippen molar-refractivity contribution < 1.29 is 58.7 Å². The number of hydrogen-bond acceptors (Lipinski definition) is 14. The van der Waals surface area contributed by atoms with E-state index in [4.69, 9.17) is 28.4 Å². The Morgan fingerprint density at radius 3 is 2.22 bits per heavy atom. The van der Waals surface area contributed by atoms with Crippen LogP contribution in [0.2, 0.25) is 0 Å². The van der Waals surface area contributed by atoms with Gasteiger partial charge in [0.1, 0.15) is 29.5 Å². The molecule has 0 aromatic carbocycles. The quantitative estimate of drug-likeness (QED) is 0.113. The lowest BCUT2D eigenvalue weighted by molar-refractivity contribution is -0.278. The molecule has 0 spiro atoms. The maximum atomic E-state index is 14.2. The van der Waals surface area contributed by atoms with Crippen molar-refractivity contribution in [2.45, 2.75) is 198 Å². The fraction of sp³-hybridized carbons (Fsp3) is 0.976. The first kappa shape index (κ1) is 48.4. The van der Waals surface area contributed by atoms with Crippen LogP contribution in [0.5, 0.6) is 0 Å².